The van der Waals surface area contributed by atoms with Gasteiger partial charge in [0.1, 0.15) is 12.1 Å². The Hall–Kier alpha value is -7.12. The summed E-state index contributed by atoms with van der Waals surface area (Å²) in [5, 5.41) is 23.9. The molecule has 0 N–H and O–H groups in total. The van der Waals surface area contributed by atoms with Gasteiger partial charge in [-0.3, -0.25) is 4.85 Å². The lowest BCUT2D eigenvalue weighted by molar-refractivity contribution is 1.16. The van der Waals surface area contributed by atoms with E-state index < -0.39 is 0 Å². The Morgan fingerprint density at radius 1 is 0.500 bits per heavy atom. The van der Waals surface area contributed by atoms with Crippen molar-refractivity contribution in [1.29, 1.82) is 10.5 Å². The van der Waals surface area contributed by atoms with Gasteiger partial charge in [0.05, 0.1) is 52.0 Å². The van der Waals surface area contributed by atoms with E-state index in [0.717, 1.165) is 54.7 Å². The van der Waals surface area contributed by atoms with Crippen molar-refractivity contribution in [3.63, 3.8) is 0 Å². The molecular formula is C40H20N6. The minimum atomic E-state index is 0.337. The fourth-order valence-corrected chi connectivity index (χ4v) is 6.67. The highest BCUT2D eigenvalue weighted by molar-refractivity contribution is 6.13. The standard InChI is InChI=1S/C40H20N6/c1-43-33-12-8-16-39(40(33)44-2)46-35-14-6-4-11-29(35)31-22-26(18-20-38(31)46)25-17-19-37-30(21-25)28-10-3-5-13-34(28)45(37)36-15-7-9-27(23-41)32(36)24-42/h3-22H. The van der Waals surface area contributed by atoms with Gasteiger partial charge in [0.2, 0.25) is 5.69 Å². The third kappa shape index (κ3) is 3.73. The van der Waals surface area contributed by atoms with Gasteiger partial charge >= 0.3 is 0 Å². The van der Waals surface area contributed by atoms with Crippen molar-refractivity contribution in [2.75, 3.05) is 0 Å². The molecule has 0 unspecified atom stereocenters. The van der Waals surface area contributed by atoms with Gasteiger partial charge in [-0.2, -0.15) is 10.5 Å². The summed E-state index contributed by atoms with van der Waals surface area (Å²) in [6.45, 7) is 15.5. The molecule has 0 spiro atoms. The van der Waals surface area contributed by atoms with Gasteiger partial charge in [-0.1, -0.05) is 72.8 Å². The van der Waals surface area contributed by atoms with Crippen molar-refractivity contribution in [1.82, 2.24) is 9.13 Å². The third-order valence-corrected chi connectivity index (χ3v) is 8.66. The molecule has 0 aliphatic heterocycles. The summed E-state index contributed by atoms with van der Waals surface area (Å²) >= 11 is 0. The first-order chi connectivity index (χ1) is 22.7. The van der Waals surface area contributed by atoms with E-state index >= 15 is 0 Å². The highest BCUT2D eigenvalue weighted by Crippen LogP contribution is 2.42. The number of nitrogens with zero attached hydrogens (tertiary/aromatic N) is 6. The molecular weight excluding hydrogens is 564 g/mol. The van der Waals surface area contributed by atoms with Gasteiger partial charge in [-0.05, 0) is 59.7 Å². The Morgan fingerprint density at radius 3 is 1.61 bits per heavy atom. The highest BCUT2D eigenvalue weighted by Gasteiger charge is 2.19. The quantitative estimate of drug-likeness (QED) is 0.194. The molecule has 2 heterocycles. The molecule has 6 aromatic carbocycles. The van der Waals surface area contributed by atoms with E-state index in [1.54, 1.807) is 12.1 Å². The lowest BCUT2D eigenvalue weighted by Crippen LogP contribution is -1.99. The molecule has 8 aromatic rings. The predicted octanol–water partition coefficient (Wildman–Crippen LogP) is 10.4. The van der Waals surface area contributed by atoms with E-state index in [2.05, 4.69) is 79.5 Å². The van der Waals surface area contributed by atoms with Crippen molar-refractivity contribution < 1.29 is 0 Å². The average molecular weight is 585 g/mol. The molecule has 2 aromatic heterocycles. The largest absolute Gasteiger partial charge is 0.320 e. The molecule has 0 aliphatic carbocycles. The first kappa shape index (κ1) is 26.5. The van der Waals surface area contributed by atoms with Gasteiger partial charge in [-0.15, -0.1) is 0 Å². The first-order valence-electron chi connectivity index (χ1n) is 14.6. The summed E-state index contributed by atoms with van der Waals surface area (Å²) < 4.78 is 4.15. The molecule has 6 heteroatoms. The van der Waals surface area contributed by atoms with Crippen LogP contribution in [0.1, 0.15) is 11.1 Å². The van der Waals surface area contributed by atoms with E-state index in [-0.39, 0.29) is 0 Å². The molecule has 0 bridgehead atoms. The summed E-state index contributed by atoms with van der Waals surface area (Å²) in [4.78, 5) is 7.36. The smallest absolute Gasteiger partial charge is 0.217 e. The summed E-state index contributed by atoms with van der Waals surface area (Å²) in [5.41, 5.74) is 8.64. The summed E-state index contributed by atoms with van der Waals surface area (Å²) in [6.07, 6.45) is 0. The summed E-state index contributed by atoms with van der Waals surface area (Å²) in [7, 11) is 0. The van der Waals surface area contributed by atoms with E-state index in [1.807, 2.05) is 60.7 Å². The monoisotopic (exact) mass is 584 g/mol. The second-order valence-corrected chi connectivity index (χ2v) is 11.0. The molecule has 46 heavy (non-hydrogen) atoms. The maximum absolute atomic E-state index is 10.0. The zero-order valence-electron chi connectivity index (χ0n) is 24.2. The van der Waals surface area contributed by atoms with Crippen LogP contribution in [0.3, 0.4) is 0 Å². The van der Waals surface area contributed by atoms with Crippen molar-refractivity contribution in [2.45, 2.75) is 0 Å². The van der Waals surface area contributed by atoms with Crippen LogP contribution < -0.4 is 0 Å². The SMILES string of the molecule is [C-]#[N+]c1cccc(-n2c3ccccc3c3cc(-c4ccc5c(c4)c4ccccc4n5-c4cccc(C#N)c4C#N)ccc32)c1[N+]#[C-]. The topological polar surface area (TPSA) is 66.2 Å². The minimum Gasteiger partial charge on any atom is -0.320 e. The molecule has 0 saturated carbocycles. The molecule has 0 atom stereocenters. The number of nitriles is 2. The molecule has 210 valence electrons. The van der Waals surface area contributed by atoms with Crippen LogP contribution in [0.25, 0.3) is 75.8 Å². The molecule has 0 radical (unpaired) electrons. The van der Waals surface area contributed by atoms with E-state index in [1.165, 1.54) is 0 Å². The van der Waals surface area contributed by atoms with E-state index in [9.17, 15) is 10.5 Å². The Labute approximate surface area is 264 Å². The first-order valence-corrected chi connectivity index (χ1v) is 14.6. The van der Waals surface area contributed by atoms with Crippen LogP contribution in [0, 0.1) is 35.8 Å². The summed E-state index contributed by atoms with van der Waals surface area (Å²) in [6, 6.07) is 44.2. The van der Waals surface area contributed by atoms with Gasteiger partial charge in [0.25, 0.3) is 0 Å². The number of hydrogen-bond acceptors (Lipinski definition) is 2. The third-order valence-electron chi connectivity index (χ3n) is 8.66. The zero-order valence-corrected chi connectivity index (χ0v) is 24.2. The van der Waals surface area contributed by atoms with Gasteiger partial charge in [0.15, 0.2) is 5.69 Å². The van der Waals surface area contributed by atoms with Gasteiger partial charge in [0, 0.05) is 27.2 Å². The molecule has 0 fully saturated rings. The van der Waals surface area contributed by atoms with Gasteiger partial charge < -0.3 is 9.13 Å². The number of aromatic nitrogens is 2. The second kappa shape index (κ2) is 10.3. The molecule has 6 nitrogen and oxygen atoms in total. The number of para-hydroxylation sites is 3. The Morgan fingerprint density at radius 2 is 1.04 bits per heavy atom. The maximum atomic E-state index is 10.0. The predicted molar refractivity (Wildman–Crippen MR) is 183 cm³/mol. The number of hydrogen-bond donors (Lipinski definition) is 0. The molecule has 8 rings (SSSR count). The highest BCUT2D eigenvalue weighted by atomic mass is 15.0. The minimum absolute atomic E-state index is 0.337. The van der Waals surface area contributed by atoms with Crippen LogP contribution in [0.15, 0.2) is 121 Å². The number of benzene rings is 6. The molecule has 0 saturated heterocycles. The normalized spacial score (nSPS) is 11.0. The maximum Gasteiger partial charge on any atom is 0.217 e. The fraction of sp³-hybridized carbons (Fsp3) is 0. The van der Waals surface area contributed by atoms with Crippen LogP contribution in [0.4, 0.5) is 11.4 Å². The number of fused-ring (bicyclic) bond motifs is 6. The Bertz CT molecular complexity index is 2560. The van der Waals surface area contributed by atoms with Gasteiger partial charge in [-0.25, -0.2) is 4.85 Å². The second-order valence-electron chi connectivity index (χ2n) is 11.0. The lowest BCUT2D eigenvalue weighted by atomic mass is 10.0. The van der Waals surface area contributed by atoms with E-state index in [0.29, 0.717) is 33.9 Å². The van der Waals surface area contributed by atoms with Crippen molar-refractivity contribution in [3.05, 3.63) is 155 Å². The molecule has 0 amide bonds. The van der Waals surface area contributed by atoms with Crippen molar-refractivity contribution in [2.24, 2.45) is 0 Å². The Kier molecular flexibility index (Phi) is 5.91. The van der Waals surface area contributed by atoms with Crippen LogP contribution in [0.2, 0.25) is 0 Å². The zero-order chi connectivity index (χ0) is 31.4. The van der Waals surface area contributed by atoms with Crippen LogP contribution in [0.5, 0.6) is 0 Å². The summed E-state index contributed by atoms with van der Waals surface area (Å²) in [5.74, 6) is 0. The van der Waals surface area contributed by atoms with Crippen molar-refractivity contribution >= 4 is 55.0 Å². The van der Waals surface area contributed by atoms with E-state index in [4.69, 9.17) is 13.1 Å². The Balaban J connectivity index is 1.36. The van der Waals surface area contributed by atoms with Crippen LogP contribution in [-0.2, 0) is 0 Å². The lowest BCUT2D eigenvalue weighted by Gasteiger charge is -2.12. The van der Waals surface area contributed by atoms with Crippen LogP contribution in [-0.4, -0.2) is 9.13 Å². The average Bonchev–Trinajstić information content (AvgIpc) is 3.62. The van der Waals surface area contributed by atoms with Crippen molar-refractivity contribution in [3.8, 4) is 34.6 Å². The van der Waals surface area contributed by atoms with Crippen LogP contribution >= 0.6 is 0 Å². The molecule has 0 aliphatic rings. The number of rotatable bonds is 3. The fourth-order valence-electron chi connectivity index (χ4n) is 6.67.